The summed E-state index contributed by atoms with van der Waals surface area (Å²) < 4.78 is 21.1. The van der Waals surface area contributed by atoms with Crippen LogP contribution in [0, 0.1) is 0 Å². The van der Waals surface area contributed by atoms with Gasteiger partial charge in [0.15, 0.2) is 0 Å². The van der Waals surface area contributed by atoms with Crippen molar-refractivity contribution in [2.45, 2.75) is 0 Å². The van der Waals surface area contributed by atoms with Gasteiger partial charge in [0.05, 0.1) is 0 Å². The van der Waals surface area contributed by atoms with Crippen molar-refractivity contribution in [2.24, 2.45) is 5.73 Å². The third kappa shape index (κ3) is 3.40. The molecule has 0 bridgehead atoms. The lowest BCUT2D eigenvalue weighted by atomic mass is 11.0. The van der Waals surface area contributed by atoms with Crippen LogP contribution in [0.3, 0.4) is 0 Å². The molecule has 0 aliphatic rings. The maximum atomic E-state index is 10.7. The van der Waals surface area contributed by atoms with Crippen molar-refractivity contribution in [3.63, 3.8) is 0 Å². The summed E-state index contributed by atoms with van der Waals surface area (Å²) in [7, 11) is 0. The predicted molar refractivity (Wildman–Crippen MR) is 14.5 cm³/mol. The predicted octanol–water partition coefficient (Wildman–Crippen LogP) is 0.683. The van der Waals surface area contributed by atoms with Crippen molar-refractivity contribution in [1.82, 2.24) is 0 Å². The average Bonchev–Trinajstić information content (AvgIpc) is 1.38. The molecule has 0 aliphatic carbocycles. The number of hydrogen-bond acceptors (Lipinski definition) is 1. The monoisotopic (exact) mass is 79.0 g/mol. The molecule has 0 heterocycles. The molecule has 0 atom stereocenters. The van der Waals surface area contributed by atoms with Crippen LogP contribution >= 0.6 is 0 Å². The first-order chi connectivity index (χ1) is 2.27. The van der Waals surface area contributed by atoms with Gasteiger partial charge >= 0.3 is 0 Å². The Bertz CT molecular complexity index is 45.6. The molecule has 1 nitrogen and oxygen atoms in total. The Balaban J connectivity index is 3.14. The molecule has 2 N–H and O–H groups in total. The second-order valence-corrected chi connectivity index (χ2v) is 0.494. The van der Waals surface area contributed by atoms with Crippen LogP contribution in [0.1, 0.15) is 0 Å². The molecule has 3 heteroatoms. The van der Waals surface area contributed by atoms with E-state index in [4.69, 9.17) is 0 Å². The van der Waals surface area contributed by atoms with Crippen molar-refractivity contribution in [2.75, 3.05) is 0 Å². The summed E-state index contributed by atoms with van der Waals surface area (Å²) >= 11 is 0. The molecule has 0 radical (unpaired) electrons. The third-order valence-electron chi connectivity index (χ3n) is 0.104. The van der Waals surface area contributed by atoms with Crippen LogP contribution in [-0.2, 0) is 0 Å². The van der Waals surface area contributed by atoms with Gasteiger partial charge in [-0.05, 0) is 0 Å². The SMILES string of the molecule is N/C(F)=C/F. The van der Waals surface area contributed by atoms with Gasteiger partial charge in [-0.3, -0.25) is 0 Å². The van der Waals surface area contributed by atoms with E-state index in [1.54, 1.807) is 0 Å². The topological polar surface area (TPSA) is 26.0 Å². The highest BCUT2D eigenvalue weighted by Crippen LogP contribution is 1.79. The molecule has 0 fully saturated rings. The van der Waals surface area contributed by atoms with Crippen molar-refractivity contribution in [3.8, 4) is 0 Å². The maximum Gasteiger partial charge on any atom is 0.213 e. The Hall–Kier alpha value is -0.600. The Morgan fingerprint density at radius 2 is 2.00 bits per heavy atom. The molecule has 0 aromatic carbocycles. The Morgan fingerprint density at radius 3 is 2.00 bits per heavy atom. The van der Waals surface area contributed by atoms with Crippen LogP contribution in [0.25, 0.3) is 0 Å². The van der Waals surface area contributed by atoms with Crippen molar-refractivity contribution in [3.05, 3.63) is 12.3 Å². The summed E-state index contributed by atoms with van der Waals surface area (Å²) in [6, 6.07) is 0. The molecular formula is C2H3F2N. The second-order valence-electron chi connectivity index (χ2n) is 0.494. The first-order valence-electron chi connectivity index (χ1n) is 0.985. The summed E-state index contributed by atoms with van der Waals surface area (Å²) in [5.74, 6) is -1.29. The average molecular weight is 79.0 g/mol. The van der Waals surface area contributed by atoms with Gasteiger partial charge in [-0.25, -0.2) is 4.39 Å². The lowest BCUT2D eigenvalue weighted by Crippen LogP contribution is -1.83. The van der Waals surface area contributed by atoms with Crippen LogP contribution in [0.4, 0.5) is 8.78 Å². The summed E-state index contributed by atoms with van der Waals surface area (Å²) in [6.07, 6.45) is -0.306. The van der Waals surface area contributed by atoms with Crippen LogP contribution in [-0.4, -0.2) is 0 Å². The highest BCUT2D eigenvalue weighted by Gasteiger charge is 1.70. The number of nitrogens with two attached hydrogens (primary N) is 1. The minimum atomic E-state index is -1.29. The smallest absolute Gasteiger partial charge is 0.213 e. The van der Waals surface area contributed by atoms with Gasteiger partial charge in [-0.15, -0.1) is 0 Å². The lowest BCUT2D eigenvalue weighted by molar-refractivity contribution is 0.575. The first-order valence-corrected chi connectivity index (χ1v) is 0.985. The van der Waals surface area contributed by atoms with E-state index in [1.807, 2.05) is 0 Å². The second kappa shape index (κ2) is 1.69. The summed E-state index contributed by atoms with van der Waals surface area (Å²) in [5.41, 5.74) is 4.11. The largest absolute Gasteiger partial charge is 0.374 e. The molecule has 0 amide bonds. The van der Waals surface area contributed by atoms with Gasteiger partial charge in [0, 0.05) is 0 Å². The van der Waals surface area contributed by atoms with Crippen molar-refractivity contribution in [1.29, 1.82) is 0 Å². The van der Waals surface area contributed by atoms with Gasteiger partial charge < -0.3 is 5.73 Å². The van der Waals surface area contributed by atoms with Gasteiger partial charge in [-0.2, -0.15) is 4.39 Å². The minimum absolute atomic E-state index is 0.306. The zero-order valence-corrected chi connectivity index (χ0v) is 2.41. The Kier molecular flexibility index (Phi) is 1.49. The van der Waals surface area contributed by atoms with Gasteiger partial charge in [0.25, 0.3) is 0 Å². The van der Waals surface area contributed by atoms with Crippen LogP contribution < -0.4 is 5.73 Å². The van der Waals surface area contributed by atoms with E-state index < -0.39 is 5.95 Å². The van der Waals surface area contributed by atoms with E-state index in [2.05, 4.69) is 5.73 Å². The molecule has 0 unspecified atom stereocenters. The number of halogens is 2. The fourth-order valence-corrected chi connectivity index (χ4v) is 0. The zero-order valence-electron chi connectivity index (χ0n) is 2.41. The Labute approximate surface area is 28.1 Å². The summed E-state index contributed by atoms with van der Waals surface area (Å²) in [6.45, 7) is 0. The van der Waals surface area contributed by atoms with E-state index in [0.717, 1.165) is 0 Å². The molecule has 0 spiro atoms. The molecule has 0 saturated carbocycles. The normalized spacial score (nSPS) is 12.0. The van der Waals surface area contributed by atoms with Gasteiger partial charge in [0.1, 0.15) is 6.33 Å². The van der Waals surface area contributed by atoms with E-state index in [9.17, 15) is 8.78 Å². The van der Waals surface area contributed by atoms with E-state index in [1.165, 1.54) is 0 Å². The molecule has 30 valence electrons. The van der Waals surface area contributed by atoms with Crippen LogP contribution in [0.5, 0.6) is 0 Å². The molecule has 0 saturated heterocycles. The van der Waals surface area contributed by atoms with Crippen LogP contribution in [0.15, 0.2) is 12.3 Å². The molecule has 0 aromatic heterocycles. The van der Waals surface area contributed by atoms with Gasteiger partial charge in [0.2, 0.25) is 5.95 Å². The molecule has 0 aliphatic heterocycles. The van der Waals surface area contributed by atoms with Gasteiger partial charge in [-0.1, -0.05) is 0 Å². The highest BCUT2D eigenvalue weighted by atomic mass is 19.2. The molecular weight excluding hydrogens is 76.0 g/mol. The first kappa shape index (κ1) is 4.40. The van der Waals surface area contributed by atoms with Crippen molar-refractivity contribution < 1.29 is 8.78 Å². The quantitative estimate of drug-likeness (QED) is 0.424. The standard InChI is InChI=1S/C2H3F2N/c3-1-2(4)5/h1H,5H2/b2-1+. The number of rotatable bonds is 0. The fraction of sp³-hybridized carbons (Fsp3) is 0. The fourth-order valence-electron chi connectivity index (χ4n) is 0. The molecule has 5 heavy (non-hydrogen) atoms. The third-order valence-corrected chi connectivity index (χ3v) is 0.104. The zero-order chi connectivity index (χ0) is 4.28. The molecule has 0 rings (SSSR count). The summed E-state index contributed by atoms with van der Waals surface area (Å²) in [5, 5.41) is 0. The summed E-state index contributed by atoms with van der Waals surface area (Å²) in [4.78, 5) is 0. The Morgan fingerprint density at radius 1 is 1.80 bits per heavy atom. The maximum absolute atomic E-state index is 10.7. The van der Waals surface area contributed by atoms with E-state index >= 15 is 0 Å². The van der Waals surface area contributed by atoms with Crippen LogP contribution in [0.2, 0.25) is 0 Å². The molecule has 0 aromatic rings. The van der Waals surface area contributed by atoms with Crippen molar-refractivity contribution >= 4 is 0 Å². The highest BCUT2D eigenvalue weighted by molar-refractivity contribution is 4.73. The lowest BCUT2D eigenvalue weighted by Gasteiger charge is -1.67. The minimum Gasteiger partial charge on any atom is -0.374 e. The number of hydrogen-bond donors (Lipinski definition) is 1. The van der Waals surface area contributed by atoms with E-state index in [-0.39, 0.29) is 6.33 Å². The van der Waals surface area contributed by atoms with E-state index in [0.29, 0.717) is 0 Å².